The van der Waals surface area contributed by atoms with Gasteiger partial charge in [0.25, 0.3) is 0 Å². The molecule has 3 rings (SSSR count). The second-order valence-corrected chi connectivity index (χ2v) is 6.46. The number of esters is 1. The summed E-state index contributed by atoms with van der Waals surface area (Å²) in [4.78, 5) is 36.4. The minimum absolute atomic E-state index is 0.0339. The number of hydrogen-bond acceptors (Lipinski definition) is 7. The van der Waals surface area contributed by atoms with Gasteiger partial charge in [-0.3, -0.25) is 19.7 Å². The molecule has 0 bridgehead atoms. The Morgan fingerprint density at radius 3 is 2.53 bits per heavy atom. The minimum Gasteiger partial charge on any atom is -0.465 e. The van der Waals surface area contributed by atoms with Gasteiger partial charge >= 0.3 is 5.97 Å². The zero-order valence-corrected chi connectivity index (χ0v) is 15.8. The summed E-state index contributed by atoms with van der Waals surface area (Å²) in [5.74, 6) is -6.54. The van der Waals surface area contributed by atoms with Crippen LogP contribution >= 0.6 is 0 Å². The molecule has 30 heavy (non-hydrogen) atoms. The van der Waals surface area contributed by atoms with Crippen molar-refractivity contribution < 1.29 is 37.5 Å². The van der Waals surface area contributed by atoms with Crippen LogP contribution in [0.15, 0.2) is 36.4 Å². The Bertz CT molecular complexity index is 995. The van der Waals surface area contributed by atoms with Gasteiger partial charge in [-0.05, 0) is 42.8 Å². The SMILES string of the molecule is CCOC(=O)C(C(=O)c1ccc(F)c(F)c1)C(C[N+](=O)[O-])c1ccc2c(c1)OCO2. The summed E-state index contributed by atoms with van der Waals surface area (Å²) >= 11 is 0. The van der Waals surface area contributed by atoms with Crippen molar-refractivity contribution in [3.05, 3.63) is 69.3 Å². The van der Waals surface area contributed by atoms with Crippen molar-refractivity contribution in [2.75, 3.05) is 19.9 Å². The van der Waals surface area contributed by atoms with Crippen LogP contribution in [0, 0.1) is 27.7 Å². The van der Waals surface area contributed by atoms with Crippen LogP contribution in [-0.2, 0) is 9.53 Å². The Morgan fingerprint density at radius 1 is 1.13 bits per heavy atom. The summed E-state index contributed by atoms with van der Waals surface area (Å²) in [6.45, 7) is 0.624. The van der Waals surface area contributed by atoms with Crippen molar-refractivity contribution in [2.24, 2.45) is 5.92 Å². The van der Waals surface area contributed by atoms with Gasteiger partial charge in [-0.15, -0.1) is 0 Å². The smallest absolute Gasteiger partial charge is 0.317 e. The van der Waals surface area contributed by atoms with Crippen molar-refractivity contribution in [1.29, 1.82) is 0 Å². The quantitative estimate of drug-likeness (QED) is 0.212. The maximum Gasteiger partial charge on any atom is 0.317 e. The second kappa shape index (κ2) is 8.85. The van der Waals surface area contributed by atoms with Crippen LogP contribution in [0.2, 0.25) is 0 Å². The molecule has 0 saturated heterocycles. The Hall–Kier alpha value is -3.56. The molecule has 2 aromatic carbocycles. The molecule has 1 heterocycles. The molecule has 0 N–H and O–H groups in total. The summed E-state index contributed by atoms with van der Waals surface area (Å²) in [6, 6.07) is 6.83. The number of fused-ring (bicyclic) bond motifs is 1. The third kappa shape index (κ3) is 4.37. The normalized spacial score (nSPS) is 14.1. The predicted octanol–water partition coefficient (Wildman–Crippen LogP) is 3.12. The number of halogens is 2. The number of nitro groups is 1. The number of ether oxygens (including phenoxy) is 3. The molecule has 0 aromatic heterocycles. The fourth-order valence-electron chi connectivity index (χ4n) is 3.22. The first-order chi connectivity index (χ1) is 14.3. The number of hydrogen-bond donors (Lipinski definition) is 0. The Balaban J connectivity index is 2.07. The van der Waals surface area contributed by atoms with E-state index in [0.717, 1.165) is 12.1 Å². The number of carbonyl (C=O) groups excluding carboxylic acids is 2. The summed E-state index contributed by atoms with van der Waals surface area (Å²) in [6.07, 6.45) is 0. The van der Waals surface area contributed by atoms with Crippen LogP contribution in [0.5, 0.6) is 11.5 Å². The first-order valence-corrected chi connectivity index (χ1v) is 8.99. The molecular formula is C20H17F2NO7. The van der Waals surface area contributed by atoms with Crippen LogP contribution < -0.4 is 9.47 Å². The summed E-state index contributed by atoms with van der Waals surface area (Å²) in [5.41, 5.74) is -0.0361. The van der Waals surface area contributed by atoms with Gasteiger partial charge in [-0.1, -0.05) is 6.07 Å². The van der Waals surface area contributed by atoms with Crippen molar-refractivity contribution in [1.82, 2.24) is 0 Å². The minimum atomic E-state index is -1.65. The number of ketones is 1. The van der Waals surface area contributed by atoms with Gasteiger partial charge in [0.15, 0.2) is 28.9 Å². The van der Waals surface area contributed by atoms with E-state index in [9.17, 15) is 28.5 Å². The van der Waals surface area contributed by atoms with Crippen molar-refractivity contribution in [3.8, 4) is 11.5 Å². The van der Waals surface area contributed by atoms with Crippen molar-refractivity contribution >= 4 is 11.8 Å². The largest absolute Gasteiger partial charge is 0.465 e. The number of nitrogens with zero attached hydrogens (tertiary/aromatic N) is 1. The van der Waals surface area contributed by atoms with Crippen LogP contribution in [0.25, 0.3) is 0 Å². The van der Waals surface area contributed by atoms with E-state index in [1.54, 1.807) is 0 Å². The molecule has 0 saturated carbocycles. The molecule has 0 fully saturated rings. The fraction of sp³-hybridized carbons (Fsp3) is 0.300. The molecule has 158 valence electrons. The van der Waals surface area contributed by atoms with Crippen molar-refractivity contribution in [2.45, 2.75) is 12.8 Å². The van der Waals surface area contributed by atoms with Crippen LogP contribution in [0.4, 0.5) is 8.78 Å². The Kier molecular flexibility index (Phi) is 6.24. The molecule has 1 aliphatic heterocycles. The highest BCUT2D eigenvalue weighted by Crippen LogP contribution is 2.38. The molecule has 1 aliphatic rings. The molecule has 2 unspecified atom stereocenters. The van der Waals surface area contributed by atoms with Gasteiger partial charge < -0.3 is 14.2 Å². The third-order valence-corrected chi connectivity index (χ3v) is 4.60. The van der Waals surface area contributed by atoms with E-state index in [-0.39, 0.29) is 24.5 Å². The maximum atomic E-state index is 13.7. The molecule has 0 radical (unpaired) electrons. The molecule has 0 spiro atoms. The number of rotatable bonds is 8. The number of carbonyl (C=O) groups is 2. The third-order valence-electron chi connectivity index (χ3n) is 4.60. The van der Waals surface area contributed by atoms with Crippen molar-refractivity contribution in [3.63, 3.8) is 0 Å². The number of Topliss-reactive ketones (excluding diaryl/α,β-unsaturated/α-hetero) is 1. The first-order valence-electron chi connectivity index (χ1n) is 8.99. The maximum absolute atomic E-state index is 13.7. The average molecular weight is 421 g/mol. The Morgan fingerprint density at radius 2 is 1.87 bits per heavy atom. The molecular weight excluding hydrogens is 404 g/mol. The fourth-order valence-corrected chi connectivity index (χ4v) is 3.22. The molecule has 2 atom stereocenters. The molecule has 10 heteroatoms. The highest BCUT2D eigenvalue weighted by Gasteiger charge is 2.41. The lowest BCUT2D eigenvalue weighted by Crippen LogP contribution is -2.35. The predicted molar refractivity (Wildman–Crippen MR) is 98.0 cm³/mol. The zero-order chi connectivity index (χ0) is 21.8. The number of benzene rings is 2. The average Bonchev–Trinajstić information content (AvgIpc) is 3.17. The van der Waals surface area contributed by atoms with E-state index in [4.69, 9.17) is 14.2 Å². The van der Waals surface area contributed by atoms with Gasteiger partial charge in [0.1, 0.15) is 5.92 Å². The highest BCUT2D eigenvalue weighted by molar-refractivity contribution is 6.09. The molecule has 8 nitrogen and oxygen atoms in total. The summed E-state index contributed by atoms with van der Waals surface area (Å²) in [7, 11) is 0. The van der Waals surface area contributed by atoms with Gasteiger partial charge in [0.05, 0.1) is 12.5 Å². The molecule has 0 aliphatic carbocycles. The van der Waals surface area contributed by atoms with E-state index >= 15 is 0 Å². The van der Waals surface area contributed by atoms with Crippen LogP contribution in [-0.4, -0.2) is 36.6 Å². The van der Waals surface area contributed by atoms with Crippen LogP contribution in [0.1, 0.15) is 28.8 Å². The first kappa shape index (κ1) is 21.2. The lowest BCUT2D eigenvalue weighted by molar-refractivity contribution is -0.484. The van der Waals surface area contributed by atoms with Gasteiger partial charge in [0.2, 0.25) is 13.3 Å². The van der Waals surface area contributed by atoms with Gasteiger partial charge in [-0.25, -0.2) is 8.78 Å². The van der Waals surface area contributed by atoms with Gasteiger partial charge in [-0.2, -0.15) is 0 Å². The molecule has 0 amide bonds. The molecule has 2 aromatic rings. The van der Waals surface area contributed by atoms with E-state index < -0.39 is 46.7 Å². The Labute approximate surface area is 169 Å². The standard InChI is InChI=1S/C20H17F2NO7/c1-2-28-20(25)18(19(24)12-3-5-14(21)15(22)7-12)13(9-23(26)27)11-4-6-16-17(8-11)30-10-29-16/h3-8,13,18H,2,9-10H2,1H3. The monoisotopic (exact) mass is 421 g/mol. The summed E-state index contributed by atoms with van der Waals surface area (Å²) < 4.78 is 42.4. The lowest BCUT2D eigenvalue weighted by atomic mass is 9.81. The van der Waals surface area contributed by atoms with E-state index in [2.05, 4.69) is 0 Å². The van der Waals surface area contributed by atoms with Crippen LogP contribution in [0.3, 0.4) is 0 Å². The van der Waals surface area contributed by atoms with Gasteiger partial charge in [0, 0.05) is 10.5 Å². The summed E-state index contributed by atoms with van der Waals surface area (Å²) in [5, 5.41) is 11.3. The second-order valence-electron chi connectivity index (χ2n) is 6.46. The van der Waals surface area contributed by atoms with E-state index in [1.807, 2.05) is 0 Å². The van der Waals surface area contributed by atoms with E-state index in [0.29, 0.717) is 17.6 Å². The highest BCUT2D eigenvalue weighted by atomic mass is 19.2. The zero-order valence-electron chi connectivity index (χ0n) is 15.8. The van der Waals surface area contributed by atoms with E-state index in [1.165, 1.54) is 25.1 Å². The topological polar surface area (TPSA) is 105 Å². The lowest BCUT2D eigenvalue weighted by Gasteiger charge is -2.22.